The smallest absolute Gasteiger partial charge is 0.271 e. The zero-order chi connectivity index (χ0) is 7.33. The number of rotatable bonds is 2. The minimum Gasteiger partial charge on any atom is -0.271 e. The molecule has 0 aliphatic rings. The van der Waals surface area contributed by atoms with Crippen LogP contribution in [-0.2, 0) is 14.2 Å². The molecule has 48 valence electrons. The summed E-state index contributed by atoms with van der Waals surface area (Å²) in [5.41, 5.74) is 0. The van der Waals surface area contributed by atoms with E-state index in [0.717, 1.165) is 18.8 Å². The summed E-state index contributed by atoms with van der Waals surface area (Å²) in [4.78, 5) is 18.9. The van der Waals surface area contributed by atoms with Gasteiger partial charge in [-0.3, -0.25) is 4.57 Å². The molecule has 0 atom stereocenters. The van der Waals surface area contributed by atoms with E-state index in [0.29, 0.717) is 0 Å². The minimum atomic E-state index is -3.29. The Balaban J connectivity index is 4.59. The lowest BCUT2D eigenvalue weighted by atomic mass is 11.7. The Morgan fingerprint density at radius 2 is 1.56 bits per heavy atom. The summed E-state index contributed by atoms with van der Waals surface area (Å²) >= 11 is 0. The highest BCUT2D eigenvalue weighted by Crippen LogP contribution is 2.42. The zero-order valence-corrected chi connectivity index (χ0v) is 5.46. The van der Waals surface area contributed by atoms with E-state index in [4.69, 9.17) is 0 Å². The van der Waals surface area contributed by atoms with Crippen molar-refractivity contribution in [3.8, 4) is 0 Å². The third-order valence-electron chi connectivity index (χ3n) is 0.453. The molecule has 0 heterocycles. The van der Waals surface area contributed by atoms with Crippen molar-refractivity contribution < 1.29 is 14.2 Å². The number of hydrogen-bond donors (Lipinski definition) is 0. The lowest BCUT2D eigenvalue weighted by Gasteiger charge is -1.87. The topological polar surface area (TPSA) is 75.9 Å². The normalized spacial score (nSPS) is 14.3. The van der Waals surface area contributed by atoms with Gasteiger partial charge >= 0.3 is 7.44 Å². The second-order valence-corrected chi connectivity index (χ2v) is 3.29. The van der Waals surface area contributed by atoms with E-state index < -0.39 is 7.44 Å². The van der Waals surface area contributed by atoms with E-state index in [9.17, 15) is 14.2 Å². The maximum Gasteiger partial charge on any atom is 0.316 e. The summed E-state index contributed by atoms with van der Waals surface area (Å²) in [5.74, 6) is 0. The fraction of sp³-hybridized carbons (Fsp3) is 0.333. The molecule has 0 aromatic carbocycles. The van der Waals surface area contributed by atoms with Crippen LogP contribution in [-0.4, -0.2) is 18.8 Å². The Morgan fingerprint density at radius 1 is 1.22 bits per heavy atom. The molecule has 0 aliphatic heterocycles. The van der Waals surface area contributed by atoms with Crippen LogP contribution in [0.25, 0.3) is 0 Å². The highest BCUT2D eigenvalue weighted by molar-refractivity contribution is 7.60. The molecule has 0 aromatic rings. The van der Waals surface area contributed by atoms with Gasteiger partial charge < -0.3 is 0 Å². The van der Waals surface area contributed by atoms with E-state index in [2.05, 4.69) is 9.53 Å². The maximum atomic E-state index is 10.6. The molecule has 0 radical (unpaired) electrons. The van der Waals surface area contributed by atoms with Crippen LogP contribution in [0.2, 0.25) is 0 Å². The Morgan fingerprint density at radius 3 is 1.78 bits per heavy atom. The SMILES string of the molecule is CP(=O)(N=C=O)N=C=O. The summed E-state index contributed by atoms with van der Waals surface area (Å²) in [6.45, 7) is 1.06. The molecular weight excluding hydrogens is 143 g/mol. The van der Waals surface area contributed by atoms with Gasteiger partial charge in [-0.1, -0.05) is 0 Å². The molecule has 0 N–H and O–H groups in total. The summed E-state index contributed by atoms with van der Waals surface area (Å²) in [6.07, 6.45) is 2.06. The third kappa shape index (κ3) is 3.56. The summed E-state index contributed by atoms with van der Waals surface area (Å²) < 4.78 is 16.1. The van der Waals surface area contributed by atoms with Crippen LogP contribution in [0, 0.1) is 0 Å². The van der Waals surface area contributed by atoms with Crippen LogP contribution in [0.5, 0.6) is 0 Å². The number of nitrogens with zero attached hydrogens (tertiary/aromatic N) is 2. The molecule has 0 aromatic heterocycles. The average molecular weight is 146 g/mol. The molecule has 9 heavy (non-hydrogen) atoms. The lowest BCUT2D eigenvalue weighted by Crippen LogP contribution is -1.64. The Hall–Kier alpha value is -1.01. The van der Waals surface area contributed by atoms with E-state index in [1.807, 2.05) is 0 Å². The number of isocyanates is 2. The molecule has 0 bridgehead atoms. The second kappa shape index (κ2) is 3.10. The van der Waals surface area contributed by atoms with Gasteiger partial charge in [-0.2, -0.15) is 0 Å². The fourth-order valence-electron chi connectivity index (χ4n) is 0.174. The minimum absolute atomic E-state index is 1.03. The fourth-order valence-corrected chi connectivity index (χ4v) is 0.522. The van der Waals surface area contributed by atoms with Crippen LogP contribution in [0.4, 0.5) is 0 Å². The quantitative estimate of drug-likeness (QED) is 0.323. The monoisotopic (exact) mass is 146 g/mol. The van der Waals surface area contributed by atoms with Gasteiger partial charge in [-0.05, 0) is 0 Å². The molecule has 6 heteroatoms. The molecule has 5 nitrogen and oxygen atoms in total. The summed E-state index contributed by atoms with van der Waals surface area (Å²) in [6, 6.07) is 0. The first kappa shape index (κ1) is 7.99. The highest BCUT2D eigenvalue weighted by atomic mass is 31.2. The van der Waals surface area contributed by atoms with Crippen molar-refractivity contribution in [1.29, 1.82) is 0 Å². The predicted octanol–water partition coefficient (Wildman–Crippen LogP) is 0.481. The Kier molecular flexibility index (Phi) is 2.75. The largest absolute Gasteiger partial charge is 0.316 e. The van der Waals surface area contributed by atoms with Crippen molar-refractivity contribution in [2.24, 2.45) is 9.53 Å². The predicted molar refractivity (Wildman–Crippen MR) is 29.8 cm³/mol. The van der Waals surface area contributed by atoms with Crippen molar-refractivity contribution in [2.75, 3.05) is 6.66 Å². The van der Waals surface area contributed by atoms with Crippen LogP contribution in [0.1, 0.15) is 0 Å². The van der Waals surface area contributed by atoms with Crippen molar-refractivity contribution in [2.45, 2.75) is 0 Å². The maximum absolute atomic E-state index is 10.6. The molecule has 0 spiro atoms. The standard InChI is InChI=1S/C3H3N2O3P/c1-9(8,4-2-6)5-3-7/h1H3. The molecule has 0 rings (SSSR count). The first-order valence-electron chi connectivity index (χ1n) is 1.89. The van der Waals surface area contributed by atoms with E-state index in [-0.39, 0.29) is 0 Å². The molecule has 0 aliphatic carbocycles. The molecule has 0 saturated heterocycles. The van der Waals surface area contributed by atoms with E-state index >= 15 is 0 Å². The summed E-state index contributed by atoms with van der Waals surface area (Å²) in [5, 5.41) is 0. The lowest BCUT2D eigenvalue weighted by molar-refractivity contribution is 0.560. The van der Waals surface area contributed by atoms with Crippen LogP contribution >= 0.6 is 7.44 Å². The Labute approximate surface area is 51.0 Å². The Bertz CT molecular complexity index is 213. The van der Waals surface area contributed by atoms with Crippen molar-refractivity contribution in [3.05, 3.63) is 0 Å². The van der Waals surface area contributed by atoms with Crippen LogP contribution in [0.15, 0.2) is 9.53 Å². The molecule has 0 amide bonds. The van der Waals surface area contributed by atoms with Gasteiger partial charge in [-0.15, -0.1) is 9.53 Å². The van der Waals surface area contributed by atoms with Crippen LogP contribution < -0.4 is 0 Å². The van der Waals surface area contributed by atoms with Gasteiger partial charge in [0.1, 0.15) is 0 Å². The molecular formula is C3H3N2O3P. The van der Waals surface area contributed by atoms with Gasteiger partial charge in [-0.25, -0.2) is 9.59 Å². The van der Waals surface area contributed by atoms with Gasteiger partial charge in [0.15, 0.2) is 0 Å². The number of carbonyl (C=O) groups excluding carboxylic acids is 2. The van der Waals surface area contributed by atoms with Crippen LogP contribution in [0.3, 0.4) is 0 Å². The van der Waals surface area contributed by atoms with Crippen molar-refractivity contribution in [3.63, 3.8) is 0 Å². The highest BCUT2D eigenvalue weighted by Gasteiger charge is 2.08. The van der Waals surface area contributed by atoms with Gasteiger partial charge in [0.25, 0.3) is 0 Å². The number of hydrogen-bond acceptors (Lipinski definition) is 3. The van der Waals surface area contributed by atoms with Gasteiger partial charge in [0.05, 0.1) is 0 Å². The third-order valence-corrected chi connectivity index (χ3v) is 1.36. The van der Waals surface area contributed by atoms with E-state index in [1.54, 1.807) is 0 Å². The summed E-state index contributed by atoms with van der Waals surface area (Å²) in [7, 11) is -3.29. The molecule has 0 fully saturated rings. The second-order valence-electron chi connectivity index (χ2n) is 1.22. The molecule has 0 unspecified atom stereocenters. The van der Waals surface area contributed by atoms with Gasteiger partial charge in [0, 0.05) is 6.66 Å². The van der Waals surface area contributed by atoms with Gasteiger partial charge in [0.2, 0.25) is 12.2 Å². The van der Waals surface area contributed by atoms with Crippen molar-refractivity contribution in [1.82, 2.24) is 0 Å². The first-order valence-corrected chi connectivity index (χ1v) is 3.94. The van der Waals surface area contributed by atoms with E-state index in [1.165, 1.54) is 0 Å². The molecule has 0 saturated carbocycles. The zero-order valence-electron chi connectivity index (χ0n) is 4.57. The van der Waals surface area contributed by atoms with Crippen molar-refractivity contribution >= 4 is 19.6 Å². The first-order chi connectivity index (χ1) is 4.12. The average Bonchev–Trinajstić information content (AvgIpc) is 1.64.